The quantitative estimate of drug-likeness (QED) is 0.368. The van der Waals surface area contributed by atoms with Crippen molar-refractivity contribution in [1.29, 1.82) is 0 Å². The highest BCUT2D eigenvalue weighted by molar-refractivity contribution is 9.15. The molecule has 0 radical (unpaired) electrons. The largest absolute Gasteiger partial charge is 0.280 e. The van der Waals surface area contributed by atoms with Crippen LogP contribution in [0.2, 0.25) is 0 Å². The van der Waals surface area contributed by atoms with Crippen molar-refractivity contribution in [3.63, 3.8) is 0 Å². The summed E-state index contributed by atoms with van der Waals surface area (Å²) >= 11 is 13.4. The predicted octanol–water partition coefficient (Wildman–Crippen LogP) is 2.91. The SMILES string of the molecule is O=c1[nH]n(-c2ccnnn2)c(=O)c2c(Br)c(Br)c(Br)c(Br)c12. The van der Waals surface area contributed by atoms with Crippen molar-refractivity contribution in [2.75, 3.05) is 0 Å². The number of aromatic amines is 1. The number of hydrogen-bond acceptors (Lipinski definition) is 5. The molecule has 7 nitrogen and oxygen atoms in total. The van der Waals surface area contributed by atoms with E-state index in [0.29, 0.717) is 17.9 Å². The molecule has 0 aliphatic heterocycles. The molecule has 1 N–H and O–H groups in total. The molecule has 3 rings (SSSR count). The van der Waals surface area contributed by atoms with Crippen molar-refractivity contribution >= 4 is 74.5 Å². The summed E-state index contributed by atoms with van der Waals surface area (Å²) in [6.45, 7) is 0. The van der Waals surface area contributed by atoms with Crippen LogP contribution in [0, 0.1) is 0 Å². The highest BCUT2D eigenvalue weighted by atomic mass is 79.9. The van der Waals surface area contributed by atoms with Crippen LogP contribution in [0.15, 0.2) is 39.7 Å². The van der Waals surface area contributed by atoms with Gasteiger partial charge in [-0.2, -0.15) is 4.68 Å². The molecule has 0 aliphatic rings. The van der Waals surface area contributed by atoms with Gasteiger partial charge in [0.1, 0.15) is 0 Å². The van der Waals surface area contributed by atoms with E-state index >= 15 is 0 Å². The van der Waals surface area contributed by atoms with Gasteiger partial charge in [-0.05, 0) is 68.9 Å². The van der Waals surface area contributed by atoms with Gasteiger partial charge >= 0.3 is 0 Å². The zero-order chi connectivity index (χ0) is 16.0. The molecule has 2 heterocycles. The van der Waals surface area contributed by atoms with Gasteiger partial charge in [-0.3, -0.25) is 14.7 Å². The number of rotatable bonds is 1. The summed E-state index contributed by atoms with van der Waals surface area (Å²) in [4.78, 5) is 25.1. The molecule has 0 unspecified atom stereocenters. The van der Waals surface area contributed by atoms with Gasteiger partial charge in [-0.1, -0.05) is 0 Å². The molecule has 0 spiro atoms. The van der Waals surface area contributed by atoms with Gasteiger partial charge in [0.2, 0.25) is 0 Å². The third kappa shape index (κ3) is 2.39. The van der Waals surface area contributed by atoms with Crippen LogP contribution < -0.4 is 11.1 Å². The number of aromatic nitrogens is 5. The molecule has 0 fully saturated rings. The number of nitrogens with zero attached hydrogens (tertiary/aromatic N) is 4. The van der Waals surface area contributed by atoms with E-state index in [1.165, 1.54) is 12.3 Å². The smallest absolute Gasteiger partial charge is 0.267 e. The molecule has 0 bridgehead atoms. The standard InChI is InChI=1S/C11H3Br4N5O2/c12-6-4-5(7(13)9(15)8(6)14)11(22)20(18-10(4)21)3-1-2-16-19-17-3/h1-2H,(H,18,21). The van der Waals surface area contributed by atoms with E-state index in [-0.39, 0.29) is 16.6 Å². The third-order valence-electron chi connectivity index (χ3n) is 2.84. The lowest BCUT2D eigenvalue weighted by molar-refractivity contribution is 0.730. The van der Waals surface area contributed by atoms with Crippen molar-refractivity contribution in [3.05, 3.63) is 50.9 Å². The first-order chi connectivity index (χ1) is 10.4. The second-order valence-electron chi connectivity index (χ2n) is 4.07. The van der Waals surface area contributed by atoms with Crippen LogP contribution in [0.5, 0.6) is 0 Å². The average molecular weight is 557 g/mol. The Hall–Kier alpha value is -0.910. The molecule has 0 atom stereocenters. The predicted molar refractivity (Wildman–Crippen MR) is 94.4 cm³/mol. The minimum absolute atomic E-state index is 0.168. The summed E-state index contributed by atoms with van der Waals surface area (Å²) in [5.41, 5.74) is -0.898. The molecule has 1 aromatic carbocycles. The molecule has 0 saturated heterocycles. The Morgan fingerprint density at radius 1 is 0.955 bits per heavy atom. The van der Waals surface area contributed by atoms with Crippen LogP contribution in [0.1, 0.15) is 0 Å². The lowest BCUT2D eigenvalue weighted by Crippen LogP contribution is -2.30. The number of H-pyrrole nitrogens is 1. The first kappa shape index (κ1) is 16.0. The number of fused-ring (bicyclic) bond motifs is 1. The molecule has 2 aromatic heterocycles. The zero-order valence-corrected chi connectivity index (χ0v) is 16.6. The summed E-state index contributed by atoms with van der Waals surface area (Å²) in [6.07, 6.45) is 1.37. The Kier molecular flexibility index (Phi) is 4.32. The van der Waals surface area contributed by atoms with E-state index in [4.69, 9.17) is 0 Å². The molecule has 0 saturated carbocycles. The van der Waals surface area contributed by atoms with Crippen LogP contribution in [-0.4, -0.2) is 25.2 Å². The fourth-order valence-corrected chi connectivity index (χ4v) is 4.35. The Bertz CT molecular complexity index is 1020. The molecule has 112 valence electrons. The average Bonchev–Trinajstić information content (AvgIpc) is 2.53. The molecule has 22 heavy (non-hydrogen) atoms. The first-order valence-electron chi connectivity index (χ1n) is 5.59. The Morgan fingerprint density at radius 2 is 1.59 bits per heavy atom. The highest BCUT2D eigenvalue weighted by Crippen LogP contribution is 2.41. The van der Waals surface area contributed by atoms with Crippen molar-refractivity contribution in [3.8, 4) is 5.82 Å². The topological polar surface area (TPSA) is 93.5 Å². The van der Waals surface area contributed by atoms with Gasteiger partial charge in [0.05, 0.1) is 17.0 Å². The van der Waals surface area contributed by atoms with Crippen LogP contribution in [0.25, 0.3) is 16.6 Å². The number of nitrogens with one attached hydrogen (secondary N) is 1. The molecule has 11 heteroatoms. The lowest BCUT2D eigenvalue weighted by atomic mass is 10.2. The summed E-state index contributed by atoms with van der Waals surface area (Å²) < 4.78 is 3.20. The van der Waals surface area contributed by atoms with Gasteiger partial charge < -0.3 is 0 Å². The van der Waals surface area contributed by atoms with E-state index < -0.39 is 11.1 Å². The van der Waals surface area contributed by atoms with Crippen molar-refractivity contribution in [2.24, 2.45) is 0 Å². The van der Waals surface area contributed by atoms with Gasteiger partial charge in [0.25, 0.3) is 11.1 Å². The second-order valence-corrected chi connectivity index (χ2v) is 7.24. The number of halogens is 4. The first-order valence-corrected chi connectivity index (χ1v) is 8.76. The maximum absolute atomic E-state index is 12.7. The second kappa shape index (κ2) is 5.95. The summed E-state index contributed by atoms with van der Waals surface area (Å²) in [7, 11) is 0. The van der Waals surface area contributed by atoms with Crippen LogP contribution >= 0.6 is 63.7 Å². The van der Waals surface area contributed by atoms with E-state index in [2.05, 4.69) is 84.2 Å². The summed E-state index contributed by atoms with van der Waals surface area (Å²) in [5.74, 6) is 0.168. The van der Waals surface area contributed by atoms with E-state index in [9.17, 15) is 9.59 Å². The zero-order valence-electron chi connectivity index (χ0n) is 10.3. The third-order valence-corrected chi connectivity index (χ3v) is 7.61. The molecular weight excluding hydrogens is 554 g/mol. The van der Waals surface area contributed by atoms with Crippen LogP contribution in [0.3, 0.4) is 0 Å². The van der Waals surface area contributed by atoms with E-state index in [1.54, 1.807) is 0 Å². The monoisotopic (exact) mass is 553 g/mol. The van der Waals surface area contributed by atoms with Gasteiger partial charge in [0, 0.05) is 24.0 Å². The maximum Gasteiger partial charge on any atom is 0.280 e. The fraction of sp³-hybridized carbons (Fsp3) is 0. The molecule has 0 amide bonds. The Balaban J connectivity index is 2.56. The molecule has 3 aromatic rings. The fourth-order valence-electron chi connectivity index (χ4n) is 1.88. The van der Waals surface area contributed by atoms with Crippen molar-refractivity contribution < 1.29 is 0 Å². The van der Waals surface area contributed by atoms with Crippen LogP contribution in [-0.2, 0) is 0 Å². The van der Waals surface area contributed by atoms with E-state index in [0.717, 1.165) is 4.68 Å². The van der Waals surface area contributed by atoms with Crippen molar-refractivity contribution in [1.82, 2.24) is 25.2 Å². The minimum Gasteiger partial charge on any atom is -0.267 e. The van der Waals surface area contributed by atoms with E-state index in [1.807, 2.05) is 0 Å². The minimum atomic E-state index is -0.450. The summed E-state index contributed by atoms with van der Waals surface area (Å²) in [5, 5.41) is 13.7. The Morgan fingerprint density at radius 3 is 2.18 bits per heavy atom. The number of hydrogen-bond donors (Lipinski definition) is 1. The number of benzene rings is 1. The maximum atomic E-state index is 12.7. The van der Waals surface area contributed by atoms with Crippen LogP contribution in [0.4, 0.5) is 0 Å². The molecule has 0 aliphatic carbocycles. The van der Waals surface area contributed by atoms with Crippen molar-refractivity contribution in [2.45, 2.75) is 0 Å². The lowest BCUT2D eigenvalue weighted by Gasteiger charge is -2.10. The Labute approximate surface area is 155 Å². The highest BCUT2D eigenvalue weighted by Gasteiger charge is 2.20. The normalized spacial score (nSPS) is 11.1. The van der Waals surface area contributed by atoms with Gasteiger partial charge in [0.15, 0.2) is 5.82 Å². The van der Waals surface area contributed by atoms with Gasteiger partial charge in [-0.15, -0.1) is 10.2 Å². The summed E-state index contributed by atoms with van der Waals surface area (Å²) in [6, 6.07) is 1.47. The molecular formula is C11H3Br4N5O2. The van der Waals surface area contributed by atoms with Gasteiger partial charge in [-0.25, -0.2) is 0 Å².